The van der Waals surface area contributed by atoms with Crippen molar-refractivity contribution in [1.29, 1.82) is 0 Å². The van der Waals surface area contributed by atoms with Crippen LogP contribution in [0, 0.1) is 0 Å². The maximum atomic E-state index is 13.5. The smallest absolute Gasteiger partial charge is 0.248 e. The summed E-state index contributed by atoms with van der Waals surface area (Å²) in [7, 11) is 0. The van der Waals surface area contributed by atoms with Gasteiger partial charge in [0.15, 0.2) is 0 Å². The Morgan fingerprint density at radius 1 is 0.821 bits per heavy atom. The van der Waals surface area contributed by atoms with Crippen molar-refractivity contribution in [3.8, 4) is 5.75 Å². The highest BCUT2D eigenvalue weighted by Crippen LogP contribution is 2.37. The Labute approximate surface area is 234 Å². The topological polar surface area (TPSA) is 67.4 Å². The van der Waals surface area contributed by atoms with Crippen molar-refractivity contribution < 1.29 is 14.3 Å². The predicted molar refractivity (Wildman–Crippen MR) is 161 cm³/mol. The Balaban J connectivity index is 1.44. The summed E-state index contributed by atoms with van der Waals surface area (Å²) in [6.45, 7) is 2.80. The number of benzene rings is 4. The zero-order chi connectivity index (χ0) is 27.3. The first-order valence-electron chi connectivity index (χ1n) is 13.0. The molecule has 39 heavy (non-hydrogen) atoms. The third-order valence-corrected chi connectivity index (χ3v) is 7.06. The van der Waals surface area contributed by atoms with Gasteiger partial charge in [0, 0.05) is 22.3 Å². The number of hydrogen-bond donors (Lipinski definition) is 2. The van der Waals surface area contributed by atoms with E-state index < -0.39 is 5.25 Å². The van der Waals surface area contributed by atoms with E-state index in [0.29, 0.717) is 18.0 Å². The fourth-order valence-corrected chi connectivity index (χ4v) is 4.86. The number of rotatable bonds is 12. The minimum atomic E-state index is -0.490. The van der Waals surface area contributed by atoms with E-state index in [1.807, 2.05) is 109 Å². The number of unbranched alkanes of at least 4 members (excludes halogenated alkanes) is 1. The van der Waals surface area contributed by atoms with E-state index >= 15 is 0 Å². The van der Waals surface area contributed by atoms with E-state index in [4.69, 9.17) is 4.74 Å². The van der Waals surface area contributed by atoms with E-state index in [0.717, 1.165) is 34.6 Å². The Morgan fingerprint density at radius 3 is 2.26 bits per heavy atom. The molecule has 4 rings (SSSR count). The molecule has 1 atom stereocenters. The Bertz CT molecular complexity index is 1370. The number of thioether (sulfide) groups is 1. The van der Waals surface area contributed by atoms with Crippen molar-refractivity contribution in [3.05, 3.63) is 126 Å². The summed E-state index contributed by atoms with van der Waals surface area (Å²) in [5, 5.41) is 5.46. The second-order valence-corrected chi connectivity index (χ2v) is 10.1. The molecule has 0 aliphatic heterocycles. The van der Waals surface area contributed by atoms with Gasteiger partial charge in [0.2, 0.25) is 11.8 Å². The number of amides is 2. The summed E-state index contributed by atoms with van der Waals surface area (Å²) < 4.78 is 5.73. The molecule has 2 amide bonds. The van der Waals surface area contributed by atoms with E-state index in [1.54, 1.807) is 6.08 Å². The predicted octanol–water partition coefficient (Wildman–Crippen LogP) is 7.99. The summed E-state index contributed by atoms with van der Waals surface area (Å²) in [5.41, 5.74) is 3.20. The molecule has 0 spiro atoms. The number of carbonyl (C=O) groups excluding carboxylic acids is 2. The molecule has 0 saturated carbocycles. The standard InChI is InChI=1S/C33H32N2O3S/c1-2-3-23-38-29-20-18-27(19-21-29)35-33(37)32(26-13-8-5-9-14-26)39-30-16-10-15-28(24-30)34-31(36)22-17-25-11-6-4-7-12-25/h4-22,24,32H,2-3,23H2,1H3,(H,34,36)(H,35,37)/b22-17+. The van der Waals surface area contributed by atoms with Crippen LogP contribution >= 0.6 is 11.8 Å². The van der Waals surface area contributed by atoms with Gasteiger partial charge < -0.3 is 15.4 Å². The van der Waals surface area contributed by atoms with Gasteiger partial charge in [0.05, 0.1) is 6.61 Å². The summed E-state index contributed by atoms with van der Waals surface area (Å²) in [5.74, 6) is 0.430. The summed E-state index contributed by atoms with van der Waals surface area (Å²) in [6, 6.07) is 34.3. The highest BCUT2D eigenvalue weighted by molar-refractivity contribution is 8.00. The van der Waals surface area contributed by atoms with Crippen molar-refractivity contribution in [2.45, 2.75) is 29.9 Å². The van der Waals surface area contributed by atoms with E-state index in [1.165, 1.54) is 17.8 Å². The second kappa shape index (κ2) is 14.6. The van der Waals surface area contributed by atoms with Gasteiger partial charge in [0.25, 0.3) is 0 Å². The van der Waals surface area contributed by atoms with Crippen LogP contribution in [0.1, 0.15) is 36.1 Å². The van der Waals surface area contributed by atoms with Crippen LogP contribution in [0.3, 0.4) is 0 Å². The molecule has 0 aliphatic rings. The van der Waals surface area contributed by atoms with Gasteiger partial charge in [-0.25, -0.2) is 0 Å². The third kappa shape index (κ3) is 8.90. The third-order valence-electron chi connectivity index (χ3n) is 5.81. The molecular formula is C33H32N2O3S. The average molecular weight is 537 g/mol. The molecule has 6 heteroatoms. The molecule has 0 heterocycles. The minimum Gasteiger partial charge on any atom is -0.494 e. The molecule has 4 aromatic rings. The van der Waals surface area contributed by atoms with Gasteiger partial charge in [-0.2, -0.15) is 0 Å². The second-order valence-electron chi connectivity index (χ2n) is 8.89. The monoisotopic (exact) mass is 536 g/mol. The zero-order valence-corrected chi connectivity index (χ0v) is 22.7. The van der Waals surface area contributed by atoms with Crippen LogP contribution < -0.4 is 15.4 Å². The van der Waals surface area contributed by atoms with Crippen molar-refractivity contribution >= 4 is 41.0 Å². The van der Waals surface area contributed by atoms with Crippen LogP contribution in [-0.4, -0.2) is 18.4 Å². The maximum Gasteiger partial charge on any atom is 0.248 e. The van der Waals surface area contributed by atoms with Gasteiger partial charge in [-0.05, 0) is 66.1 Å². The summed E-state index contributed by atoms with van der Waals surface area (Å²) in [6.07, 6.45) is 5.36. The Hall–Kier alpha value is -4.29. The molecule has 1 unspecified atom stereocenters. The van der Waals surface area contributed by atoms with Crippen LogP contribution in [0.15, 0.2) is 120 Å². The van der Waals surface area contributed by atoms with E-state index in [-0.39, 0.29) is 11.8 Å². The average Bonchev–Trinajstić information content (AvgIpc) is 2.97. The normalized spacial score (nSPS) is 11.6. The largest absolute Gasteiger partial charge is 0.494 e. The van der Waals surface area contributed by atoms with Crippen LogP contribution in [0.5, 0.6) is 5.75 Å². The number of ether oxygens (including phenoxy) is 1. The number of nitrogens with one attached hydrogen (secondary N) is 2. The number of hydrogen-bond acceptors (Lipinski definition) is 4. The highest BCUT2D eigenvalue weighted by atomic mass is 32.2. The quantitative estimate of drug-likeness (QED) is 0.109. The fraction of sp³-hybridized carbons (Fsp3) is 0.152. The lowest BCUT2D eigenvalue weighted by molar-refractivity contribution is -0.116. The van der Waals surface area contributed by atoms with Crippen molar-refractivity contribution in [1.82, 2.24) is 0 Å². The molecule has 198 valence electrons. The molecule has 0 aliphatic carbocycles. The summed E-state index contributed by atoms with van der Waals surface area (Å²) >= 11 is 1.43. The van der Waals surface area contributed by atoms with Gasteiger partial charge in [-0.15, -0.1) is 11.8 Å². The van der Waals surface area contributed by atoms with Gasteiger partial charge >= 0.3 is 0 Å². The van der Waals surface area contributed by atoms with Crippen molar-refractivity contribution in [3.63, 3.8) is 0 Å². The maximum absolute atomic E-state index is 13.5. The Morgan fingerprint density at radius 2 is 1.54 bits per heavy atom. The van der Waals surface area contributed by atoms with Crippen molar-refractivity contribution in [2.24, 2.45) is 0 Å². The SMILES string of the molecule is CCCCOc1ccc(NC(=O)C(Sc2cccc(NC(=O)/C=C/c3ccccc3)c2)c2ccccc2)cc1. The van der Waals surface area contributed by atoms with E-state index in [2.05, 4.69) is 17.6 Å². The van der Waals surface area contributed by atoms with Gasteiger partial charge in [-0.1, -0.05) is 80.1 Å². The van der Waals surface area contributed by atoms with Crippen LogP contribution in [0.2, 0.25) is 0 Å². The first-order chi connectivity index (χ1) is 19.1. The molecular weight excluding hydrogens is 504 g/mol. The summed E-state index contributed by atoms with van der Waals surface area (Å²) in [4.78, 5) is 26.8. The van der Waals surface area contributed by atoms with Gasteiger partial charge in [0.1, 0.15) is 11.0 Å². The van der Waals surface area contributed by atoms with E-state index in [9.17, 15) is 9.59 Å². The molecule has 0 bridgehead atoms. The molecule has 0 aromatic heterocycles. The van der Waals surface area contributed by atoms with Crippen LogP contribution in [-0.2, 0) is 9.59 Å². The molecule has 0 saturated heterocycles. The van der Waals surface area contributed by atoms with Crippen molar-refractivity contribution in [2.75, 3.05) is 17.2 Å². The number of anilines is 2. The zero-order valence-electron chi connectivity index (χ0n) is 21.9. The first kappa shape index (κ1) is 27.7. The first-order valence-corrected chi connectivity index (χ1v) is 13.9. The highest BCUT2D eigenvalue weighted by Gasteiger charge is 2.22. The molecule has 0 fully saturated rings. The molecule has 0 radical (unpaired) electrons. The number of carbonyl (C=O) groups is 2. The van der Waals surface area contributed by atoms with Gasteiger partial charge in [-0.3, -0.25) is 9.59 Å². The fourth-order valence-electron chi connectivity index (χ4n) is 3.78. The minimum absolute atomic E-state index is 0.133. The molecule has 2 N–H and O–H groups in total. The lowest BCUT2D eigenvalue weighted by Gasteiger charge is -2.18. The lowest BCUT2D eigenvalue weighted by atomic mass is 10.1. The Kier molecular flexibility index (Phi) is 10.4. The molecule has 5 nitrogen and oxygen atoms in total. The lowest BCUT2D eigenvalue weighted by Crippen LogP contribution is -2.19. The van der Waals surface area contributed by atoms with Crippen LogP contribution in [0.25, 0.3) is 6.08 Å². The van der Waals surface area contributed by atoms with Crippen LogP contribution in [0.4, 0.5) is 11.4 Å². The molecule has 4 aromatic carbocycles.